The van der Waals surface area contributed by atoms with Crippen molar-refractivity contribution in [1.29, 1.82) is 0 Å². The third kappa shape index (κ3) is 32.1. The zero-order valence-electron chi connectivity index (χ0n) is 26.9. The summed E-state index contributed by atoms with van der Waals surface area (Å²) in [5, 5.41) is 0. The van der Waals surface area contributed by atoms with Gasteiger partial charge in [0.2, 0.25) is 0 Å². The van der Waals surface area contributed by atoms with Crippen molar-refractivity contribution < 1.29 is 0 Å². The maximum absolute atomic E-state index is 2.78. The first-order valence-corrected chi connectivity index (χ1v) is 17.9. The van der Waals surface area contributed by atoms with Gasteiger partial charge in [0.1, 0.15) is 0 Å². The second-order valence-electron chi connectivity index (χ2n) is 12.9. The van der Waals surface area contributed by atoms with Crippen molar-refractivity contribution in [2.45, 2.75) is 207 Å². The minimum Gasteiger partial charge on any atom is -0.303 e. The molecule has 0 aliphatic rings. The maximum Gasteiger partial charge on any atom is 0.000438 e. The van der Waals surface area contributed by atoms with Gasteiger partial charge in [0.15, 0.2) is 0 Å². The van der Waals surface area contributed by atoms with E-state index in [1.165, 1.54) is 199 Å². The molecule has 0 N–H and O–H groups in total. The van der Waals surface area contributed by atoms with Crippen molar-refractivity contribution in [2.24, 2.45) is 5.92 Å². The van der Waals surface area contributed by atoms with Gasteiger partial charge in [-0.3, -0.25) is 0 Å². The Kier molecular flexibility index (Phi) is 32.1. The van der Waals surface area contributed by atoms with Gasteiger partial charge in [-0.1, -0.05) is 195 Å². The molecule has 0 rings (SSSR count). The molecule has 0 aromatic carbocycles. The van der Waals surface area contributed by atoms with E-state index >= 15 is 0 Å². The van der Waals surface area contributed by atoms with E-state index in [1.54, 1.807) is 0 Å². The van der Waals surface area contributed by atoms with Crippen LogP contribution >= 0.6 is 0 Å². The summed E-state index contributed by atoms with van der Waals surface area (Å²) in [5.41, 5.74) is 0. The van der Waals surface area contributed by atoms with Gasteiger partial charge in [0, 0.05) is 6.54 Å². The summed E-state index contributed by atoms with van der Waals surface area (Å²) in [6, 6.07) is 0. The van der Waals surface area contributed by atoms with Crippen molar-refractivity contribution >= 4 is 0 Å². The van der Waals surface area contributed by atoms with Crippen LogP contribution in [0, 0.1) is 5.92 Å². The lowest BCUT2D eigenvalue weighted by Gasteiger charge is -2.24. The van der Waals surface area contributed by atoms with E-state index in [2.05, 4.69) is 32.6 Å². The van der Waals surface area contributed by atoms with Gasteiger partial charge in [-0.25, -0.2) is 0 Å². The Morgan fingerprint density at radius 1 is 0.324 bits per heavy atom. The smallest absolute Gasteiger partial charge is 0.000438 e. The normalized spacial score (nSPS) is 11.8. The fourth-order valence-corrected chi connectivity index (χ4v) is 5.87. The Balaban J connectivity index is 3.48. The highest BCUT2D eigenvalue weighted by Gasteiger charge is 2.07. The molecule has 0 aliphatic carbocycles. The number of nitrogens with zero attached hydrogens (tertiary/aromatic N) is 1. The number of unbranched alkanes of at least 4 members (excludes halogenated alkanes) is 26. The van der Waals surface area contributed by atoms with Crippen molar-refractivity contribution in [3.05, 3.63) is 0 Å². The van der Waals surface area contributed by atoms with E-state index in [4.69, 9.17) is 0 Å². The monoisotopic (exact) mass is 522 g/mol. The molecule has 0 atom stereocenters. The van der Waals surface area contributed by atoms with Gasteiger partial charge in [0.05, 0.1) is 0 Å². The summed E-state index contributed by atoms with van der Waals surface area (Å²) >= 11 is 0. The van der Waals surface area contributed by atoms with Crippen LogP contribution in [-0.4, -0.2) is 24.5 Å². The van der Waals surface area contributed by atoms with Crippen LogP contribution in [0.3, 0.4) is 0 Å². The molecule has 1 nitrogen and oxygen atoms in total. The predicted molar refractivity (Wildman–Crippen MR) is 172 cm³/mol. The molecular formula is C36H75N. The standard InChI is InChI=1S/C36H75N/c1-5-7-9-11-13-15-17-19-21-23-25-27-29-31-33-37(35-36(3)4)34-32-30-28-26-24-22-20-18-16-14-12-10-8-6-2/h36H,5-35H2,1-4H3. The second-order valence-corrected chi connectivity index (χ2v) is 12.9. The second kappa shape index (κ2) is 32.2. The lowest BCUT2D eigenvalue weighted by molar-refractivity contribution is 0.233. The molecule has 1 heteroatoms. The molecule has 224 valence electrons. The summed E-state index contributed by atoms with van der Waals surface area (Å²) in [6.45, 7) is 13.4. The van der Waals surface area contributed by atoms with Crippen LogP contribution in [0.15, 0.2) is 0 Å². The van der Waals surface area contributed by atoms with Crippen molar-refractivity contribution in [3.8, 4) is 0 Å². The lowest BCUT2D eigenvalue weighted by atomic mass is 10.0. The fraction of sp³-hybridized carbons (Fsp3) is 1.00. The quantitative estimate of drug-likeness (QED) is 0.0795. The Bertz CT molecular complexity index is 358. The van der Waals surface area contributed by atoms with Crippen LogP contribution in [-0.2, 0) is 0 Å². The number of rotatable bonds is 32. The zero-order chi connectivity index (χ0) is 27.1. The minimum atomic E-state index is 0.804. The molecule has 0 bridgehead atoms. The lowest BCUT2D eigenvalue weighted by Crippen LogP contribution is -2.30. The van der Waals surface area contributed by atoms with Gasteiger partial charge < -0.3 is 4.90 Å². The molecule has 0 spiro atoms. The Morgan fingerprint density at radius 3 is 0.757 bits per heavy atom. The molecule has 0 saturated carbocycles. The number of hydrogen-bond acceptors (Lipinski definition) is 1. The molecule has 0 heterocycles. The van der Waals surface area contributed by atoms with Crippen LogP contribution in [0.4, 0.5) is 0 Å². The minimum absolute atomic E-state index is 0.804. The SMILES string of the molecule is CCCCCCCCCCCCCCCCN(CCCCCCCCCCCCCCCC)CC(C)C. The summed E-state index contributed by atoms with van der Waals surface area (Å²) in [6.07, 6.45) is 40.9. The third-order valence-electron chi connectivity index (χ3n) is 8.28. The zero-order valence-corrected chi connectivity index (χ0v) is 26.9. The highest BCUT2D eigenvalue weighted by molar-refractivity contribution is 4.62. The number of hydrogen-bond donors (Lipinski definition) is 0. The fourth-order valence-electron chi connectivity index (χ4n) is 5.87. The molecule has 0 saturated heterocycles. The van der Waals surface area contributed by atoms with Crippen molar-refractivity contribution in [2.75, 3.05) is 19.6 Å². The third-order valence-corrected chi connectivity index (χ3v) is 8.28. The predicted octanol–water partition coefficient (Wildman–Crippen LogP) is 12.9. The van der Waals surface area contributed by atoms with Crippen molar-refractivity contribution in [3.63, 3.8) is 0 Å². The Hall–Kier alpha value is -0.0400. The molecule has 37 heavy (non-hydrogen) atoms. The summed E-state index contributed by atoms with van der Waals surface area (Å²) in [7, 11) is 0. The molecule has 0 fully saturated rings. The summed E-state index contributed by atoms with van der Waals surface area (Å²) in [5.74, 6) is 0.804. The van der Waals surface area contributed by atoms with E-state index < -0.39 is 0 Å². The van der Waals surface area contributed by atoms with Crippen LogP contribution in [0.25, 0.3) is 0 Å². The molecule has 0 aliphatic heterocycles. The van der Waals surface area contributed by atoms with Crippen LogP contribution in [0.2, 0.25) is 0 Å². The molecule has 0 unspecified atom stereocenters. The van der Waals surface area contributed by atoms with Crippen LogP contribution < -0.4 is 0 Å². The van der Waals surface area contributed by atoms with Crippen molar-refractivity contribution in [1.82, 2.24) is 4.90 Å². The average Bonchev–Trinajstić information content (AvgIpc) is 2.88. The van der Waals surface area contributed by atoms with E-state index in [-0.39, 0.29) is 0 Å². The van der Waals surface area contributed by atoms with Gasteiger partial charge in [0.25, 0.3) is 0 Å². The van der Waals surface area contributed by atoms with E-state index in [1.807, 2.05) is 0 Å². The topological polar surface area (TPSA) is 3.24 Å². The summed E-state index contributed by atoms with van der Waals surface area (Å²) < 4.78 is 0. The highest BCUT2D eigenvalue weighted by atomic mass is 15.1. The molecule has 0 aromatic rings. The van der Waals surface area contributed by atoms with Crippen LogP contribution in [0.1, 0.15) is 207 Å². The van der Waals surface area contributed by atoms with Gasteiger partial charge in [-0.05, 0) is 31.8 Å². The average molecular weight is 522 g/mol. The van der Waals surface area contributed by atoms with Crippen LogP contribution in [0.5, 0.6) is 0 Å². The Labute approximate surface area is 237 Å². The molecule has 0 radical (unpaired) electrons. The maximum atomic E-state index is 2.78. The Morgan fingerprint density at radius 2 is 0.541 bits per heavy atom. The van der Waals surface area contributed by atoms with Gasteiger partial charge in [-0.15, -0.1) is 0 Å². The van der Waals surface area contributed by atoms with Gasteiger partial charge >= 0.3 is 0 Å². The van der Waals surface area contributed by atoms with E-state index in [9.17, 15) is 0 Å². The largest absolute Gasteiger partial charge is 0.303 e. The van der Waals surface area contributed by atoms with E-state index in [0.717, 1.165) is 5.92 Å². The molecule has 0 amide bonds. The first-order chi connectivity index (χ1) is 18.2. The van der Waals surface area contributed by atoms with Gasteiger partial charge in [-0.2, -0.15) is 0 Å². The first-order valence-electron chi connectivity index (χ1n) is 17.9. The highest BCUT2D eigenvalue weighted by Crippen LogP contribution is 2.15. The molecular weight excluding hydrogens is 446 g/mol. The molecule has 0 aromatic heterocycles. The van der Waals surface area contributed by atoms with E-state index in [0.29, 0.717) is 0 Å². The summed E-state index contributed by atoms with van der Waals surface area (Å²) in [4.78, 5) is 2.78. The first kappa shape index (κ1) is 37.0.